The van der Waals surface area contributed by atoms with Gasteiger partial charge in [-0.3, -0.25) is 0 Å². The molecule has 4 heteroatoms. The Hall–Kier alpha value is -1.81. The molecule has 2 aromatic rings. The van der Waals surface area contributed by atoms with E-state index in [1.54, 1.807) is 25.1 Å². The van der Waals surface area contributed by atoms with E-state index in [4.69, 9.17) is 9.52 Å². The van der Waals surface area contributed by atoms with Gasteiger partial charge in [-0.25, -0.2) is 4.39 Å². The summed E-state index contributed by atoms with van der Waals surface area (Å²) in [6.45, 7) is 2.07. The molecule has 2 N–H and O–H groups in total. The van der Waals surface area contributed by atoms with Crippen LogP contribution in [0.15, 0.2) is 34.7 Å². The fraction of sp³-hybridized carbons (Fsp3) is 0.231. The van der Waals surface area contributed by atoms with Crippen LogP contribution in [0.25, 0.3) is 0 Å². The number of hydrogen-bond acceptors (Lipinski definition) is 3. The van der Waals surface area contributed by atoms with Crippen LogP contribution in [0.4, 0.5) is 10.1 Å². The Morgan fingerprint density at radius 3 is 2.65 bits per heavy atom. The molecule has 0 unspecified atom stereocenters. The van der Waals surface area contributed by atoms with Crippen molar-refractivity contribution in [1.29, 1.82) is 0 Å². The van der Waals surface area contributed by atoms with E-state index in [-0.39, 0.29) is 12.4 Å². The first-order valence-electron chi connectivity index (χ1n) is 5.37. The van der Waals surface area contributed by atoms with Gasteiger partial charge in [0.2, 0.25) is 0 Å². The highest BCUT2D eigenvalue weighted by Crippen LogP contribution is 2.15. The van der Waals surface area contributed by atoms with Crippen LogP contribution in [0, 0.1) is 12.7 Å². The molecule has 0 amide bonds. The second kappa shape index (κ2) is 5.01. The molecule has 0 radical (unpaired) electrons. The van der Waals surface area contributed by atoms with E-state index in [1.165, 1.54) is 6.07 Å². The third kappa shape index (κ3) is 2.85. The number of anilines is 1. The summed E-state index contributed by atoms with van der Waals surface area (Å²) in [6.07, 6.45) is 0. The maximum absolute atomic E-state index is 13.3. The van der Waals surface area contributed by atoms with Gasteiger partial charge in [0.25, 0.3) is 0 Å². The number of furan rings is 1. The van der Waals surface area contributed by atoms with E-state index < -0.39 is 0 Å². The van der Waals surface area contributed by atoms with Crippen molar-refractivity contribution >= 4 is 5.69 Å². The van der Waals surface area contributed by atoms with Gasteiger partial charge in [0.1, 0.15) is 23.9 Å². The number of hydrogen-bond donors (Lipinski definition) is 2. The number of nitrogens with one attached hydrogen (secondary N) is 1. The summed E-state index contributed by atoms with van der Waals surface area (Å²) in [5, 5.41) is 11.9. The van der Waals surface area contributed by atoms with Gasteiger partial charge in [0.15, 0.2) is 0 Å². The van der Waals surface area contributed by atoms with Gasteiger partial charge in [-0.05, 0) is 36.8 Å². The molecule has 1 aromatic carbocycles. The third-order valence-corrected chi connectivity index (χ3v) is 2.51. The van der Waals surface area contributed by atoms with Crippen LogP contribution in [-0.2, 0) is 13.2 Å². The zero-order valence-electron chi connectivity index (χ0n) is 9.53. The molecule has 0 aliphatic rings. The van der Waals surface area contributed by atoms with Gasteiger partial charge in [-0.1, -0.05) is 6.07 Å². The number of rotatable bonds is 4. The van der Waals surface area contributed by atoms with Crippen molar-refractivity contribution in [3.63, 3.8) is 0 Å². The highest BCUT2D eigenvalue weighted by molar-refractivity contribution is 5.45. The van der Waals surface area contributed by atoms with Crippen molar-refractivity contribution < 1.29 is 13.9 Å². The SMILES string of the molecule is Cc1ccc(NCc2ccc(CO)o2)cc1F. The molecule has 0 fully saturated rings. The van der Waals surface area contributed by atoms with Gasteiger partial charge in [-0.15, -0.1) is 0 Å². The minimum atomic E-state index is -0.231. The first-order chi connectivity index (χ1) is 8.19. The fourth-order valence-corrected chi connectivity index (χ4v) is 1.49. The summed E-state index contributed by atoms with van der Waals surface area (Å²) in [5.74, 6) is 0.998. The molecular formula is C13H14FNO2. The lowest BCUT2D eigenvalue weighted by Gasteiger charge is -2.05. The van der Waals surface area contributed by atoms with Gasteiger partial charge in [-0.2, -0.15) is 0 Å². The molecule has 1 aromatic heterocycles. The summed E-state index contributed by atoms with van der Waals surface area (Å²) in [7, 11) is 0. The van der Waals surface area contributed by atoms with Crippen LogP contribution in [0.2, 0.25) is 0 Å². The van der Waals surface area contributed by atoms with Crippen molar-refractivity contribution in [3.05, 3.63) is 53.2 Å². The van der Waals surface area contributed by atoms with Crippen LogP contribution < -0.4 is 5.32 Å². The first-order valence-corrected chi connectivity index (χ1v) is 5.37. The molecule has 3 nitrogen and oxygen atoms in total. The molecular weight excluding hydrogens is 221 g/mol. The van der Waals surface area contributed by atoms with E-state index >= 15 is 0 Å². The van der Waals surface area contributed by atoms with Crippen LogP contribution in [0.5, 0.6) is 0 Å². The van der Waals surface area contributed by atoms with Crippen molar-refractivity contribution in [2.45, 2.75) is 20.1 Å². The smallest absolute Gasteiger partial charge is 0.129 e. The Morgan fingerprint density at radius 1 is 1.24 bits per heavy atom. The molecule has 90 valence electrons. The summed E-state index contributed by atoms with van der Waals surface area (Å²) < 4.78 is 18.6. The molecule has 0 bridgehead atoms. The van der Waals surface area contributed by atoms with Crippen molar-refractivity contribution in [3.8, 4) is 0 Å². The first kappa shape index (κ1) is 11.7. The number of aliphatic hydroxyl groups excluding tert-OH is 1. The number of aryl methyl sites for hydroxylation is 1. The maximum atomic E-state index is 13.3. The van der Waals surface area contributed by atoms with E-state index in [1.807, 2.05) is 6.07 Å². The number of benzene rings is 1. The van der Waals surface area contributed by atoms with Crippen LogP contribution in [0.3, 0.4) is 0 Å². The minimum absolute atomic E-state index is 0.112. The molecule has 0 atom stereocenters. The highest BCUT2D eigenvalue weighted by atomic mass is 19.1. The lowest BCUT2D eigenvalue weighted by Crippen LogP contribution is -1.98. The normalized spacial score (nSPS) is 10.5. The largest absolute Gasteiger partial charge is 0.462 e. The van der Waals surface area contributed by atoms with Crippen LogP contribution in [-0.4, -0.2) is 5.11 Å². The fourth-order valence-electron chi connectivity index (χ4n) is 1.49. The van der Waals surface area contributed by atoms with Gasteiger partial charge in [0.05, 0.1) is 6.54 Å². The van der Waals surface area contributed by atoms with E-state index in [0.29, 0.717) is 29.3 Å². The van der Waals surface area contributed by atoms with E-state index in [2.05, 4.69) is 5.32 Å². The van der Waals surface area contributed by atoms with Crippen LogP contribution in [0.1, 0.15) is 17.1 Å². The van der Waals surface area contributed by atoms with Gasteiger partial charge in [0, 0.05) is 5.69 Å². The standard InChI is InChI=1S/C13H14FNO2/c1-9-2-3-10(6-13(9)14)15-7-11-4-5-12(8-16)17-11/h2-6,15-16H,7-8H2,1H3. The average molecular weight is 235 g/mol. The Kier molecular flexibility index (Phi) is 3.44. The summed E-state index contributed by atoms with van der Waals surface area (Å²) in [5.41, 5.74) is 1.33. The zero-order chi connectivity index (χ0) is 12.3. The van der Waals surface area contributed by atoms with E-state index in [9.17, 15) is 4.39 Å². The van der Waals surface area contributed by atoms with Crippen LogP contribution >= 0.6 is 0 Å². The Bertz CT molecular complexity index is 508. The summed E-state index contributed by atoms with van der Waals surface area (Å²) in [4.78, 5) is 0. The Labute approximate surface area is 98.9 Å². The second-order valence-electron chi connectivity index (χ2n) is 3.84. The summed E-state index contributed by atoms with van der Waals surface area (Å²) >= 11 is 0. The Balaban J connectivity index is 1.99. The van der Waals surface area contributed by atoms with Gasteiger partial charge < -0.3 is 14.8 Å². The topological polar surface area (TPSA) is 45.4 Å². The molecule has 2 rings (SSSR count). The van der Waals surface area contributed by atoms with Crippen molar-refractivity contribution in [2.24, 2.45) is 0 Å². The molecule has 0 saturated carbocycles. The third-order valence-electron chi connectivity index (χ3n) is 2.51. The summed E-state index contributed by atoms with van der Waals surface area (Å²) in [6, 6.07) is 8.48. The Morgan fingerprint density at radius 2 is 2.00 bits per heavy atom. The lowest BCUT2D eigenvalue weighted by molar-refractivity contribution is 0.244. The van der Waals surface area contributed by atoms with E-state index in [0.717, 1.165) is 0 Å². The molecule has 0 saturated heterocycles. The highest BCUT2D eigenvalue weighted by Gasteiger charge is 2.02. The molecule has 1 heterocycles. The molecule has 0 aliphatic heterocycles. The number of halogens is 1. The molecule has 0 aliphatic carbocycles. The zero-order valence-corrected chi connectivity index (χ0v) is 9.53. The molecule has 17 heavy (non-hydrogen) atoms. The number of aliphatic hydroxyl groups is 1. The predicted molar refractivity (Wildman–Crippen MR) is 63.1 cm³/mol. The quantitative estimate of drug-likeness (QED) is 0.856. The monoisotopic (exact) mass is 235 g/mol. The predicted octanol–water partition coefficient (Wildman–Crippen LogP) is 2.83. The average Bonchev–Trinajstić information content (AvgIpc) is 2.79. The second-order valence-corrected chi connectivity index (χ2v) is 3.84. The minimum Gasteiger partial charge on any atom is -0.462 e. The van der Waals surface area contributed by atoms with Crippen molar-refractivity contribution in [2.75, 3.05) is 5.32 Å². The maximum Gasteiger partial charge on any atom is 0.129 e. The van der Waals surface area contributed by atoms with Crippen molar-refractivity contribution in [1.82, 2.24) is 0 Å². The van der Waals surface area contributed by atoms with Gasteiger partial charge >= 0.3 is 0 Å². The lowest BCUT2D eigenvalue weighted by atomic mass is 10.2. The molecule has 0 spiro atoms.